The number of carbonyl (C=O) groups excluding carboxylic acids is 2. The molecule has 0 fully saturated rings. The van der Waals surface area contributed by atoms with Crippen LogP contribution in [-0.4, -0.2) is 34.8 Å². The average molecular weight is 568 g/mol. The van der Waals surface area contributed by atoms with Gasteiger partial charge in [-0.1, -0.05) is 32.6 Å². The van der Waals surface area contributed by atoms with E-state index in [9.17, 15) is 32.7 Å². The molecule has 0 radical (unpaired) electrons. The van der Waals surface area contributed by atoms with Gasteiger partial charge >= 0.3 is 12.0 Å². The number of carbonyl (C=O) groups is 3. The van der Waals surface area contributed by atoms with E-state index < -0.39 is 52.0 Å². The van der Waals surface area contributed by atoms with Crippen molar-refractivity contribution in [3.05, 3.63) is 66.7 Å². The molecule has 40 heavy (non-hydrogen) atoms. The largest absolute Gasteiger partial charge is 0.481 e. The molecule has 222 valence electrons. The van der Waals surface area contributed by atoms with Crippen LogP contribution in [0.25, 0.3) is 0 Å². The van der Waals surface area contributed by atoms with Gasteiger partial charge in [0.15, 0.2) is 11.6 Å². The molecule has 0 aliphatic rings. The van der Waals surface area contributed by atoms with Crippen molar-refractivity contribution in [1.82, 2.24) is 10.7 Å². The summed E-state index contributed by atoms with van der Waals surface area (Å²) in [4.78, 5) is 34.0. The Bertz CT molecular complexity index is 1120. The minimum Gasteiger partial charge on any atom is -0.481 e. The van der Waals surface area contributed by atoms with Crippen LogP contribution in [0.2, 0.25) is 0 Å². The Morgan fingerprint density at radius 2 is 1.75 bits per heavy atom. The van der Waals surface area contributed by atoms with Crippen LogP contribution in [-0.2, 0) is 9.59 Å². The highest BCUT2D eigenvalue weighted by atomic mass is 19.2. The molecular weight excluding hydrogens is 527 g/mol. The third-order valence-corrected chi connectivity index (χ3v) is 6.36. The summed E-state index contributed by atoms with van der Waals surface area (Å²) in [6.45, 7) is 16.3. The van der Waals surface area contributed by atoms with Crippen LogP contribution in [0.3, 0.4) is 0 Å². The number of allylic oxidation sites excluding steroid dienone is 4. The minimum absolute atomic E-state index is 0.288. The maximum atomic E-state index is 13.3. The Morgan fingerprint density at radius 3 is 2.27 bits per heavy atom. The first-order valence-electron chi connectivity index (χ1n) is 12.5. The molecule has 0 aliphatic heterocycles. The summed E-state index contributed by atoms with van der Waals surface area (Å²) in [6.07, 6.45) is 8.97. The van der Waals surface area contributed by atoms with Gasteiger partial charge in [-0.3, -0.25) is 9.59 Å². The zero-order valence-electron chi connectivity index (χ0n) is 23.6. The molecule has 0 aromatic heterocycles. The lowest BCUT2D eigenvalue weighted by Crippen LogP contribution is -2.56. The van der Waals surface area contributed by atoms with Crippen LogP contribution < -0.4 is 21.8 Å². The molecule has 1 rings (SSSR count). The number of nitrogens with two attached hydrogens (primary N) is 1. The van der Waals surface area contributed by atoms with Crippen LogP contribution in [0.15, 0.2) is 54.3 Å². The number of carboxylic acids is 1. The summed E-state index contributed by atoms with van der Waals surface area (Å²) >= 11 is 0. The van der Waals surface area contributed by atoms with Crippen molar-refractivity contribution in [3.8, 4) is 0 Å². The lowest BCUT2D eigenvalue weighted by Gasteiger charge is -2.41. The van der Waals surface area contributed by atoms with Crippen molar-refractivity contribution in [1.29, 1.82) is 0 Å². The zero-order valence-corrected chi connectivity index (χ0v) is 23.6. The number of aliphatic carboxylic acids is 1. The summed E-state index contributed by atoms with van der Waals surface area (Å²) in [5.41, 5.74) is 6.57. The van der Waals surface area contributed by atoms with E-state index >= 15 is 0 Å². The number of nitrogens with one attached hydrogen (secondary N) is 3. The second kappa shape index (κ2) is 16.9. The molecule has 0 aliphatic carbocycles. The van der Waals surface area contributed by atoms with E-state index in [0.717, 1.165) is 25.5 Å². The Balaban J connectivity index is 0.000000799. The van der Waals surface area contributed by atoms with Gasteiger partial charge in [0.1, 0.15) is 12.0 Å². The van der Waals surface area contributed by atoms with Crippen LogP contribution in [0.5, 0.6) is 0 Å². The molecule has 1 aromatic carbocycles. The van der Waals surface area contributed by atoms with Crippen molar-refractivity contribution in [3.63, 3.8) is 0 Å². The van der Waals surface area contributed by atoms with Gasteiger partial charge in [0.05, 0.1) is 11.1 Å². The topological polar surface area (TPSA) is 146 Å². The van der Waals surface area contributed by atoms with Gasteiger partial charge in [0, 0.05) is 23.4 Å². The molecule has 0 spiro atoms. The van der Waals surface area contributed by atoms with Gasteiger partial charge in [-0.15, -0.1) is 6.58 Å². The highest BCUT2D eigenvalue weighted by molar-refractivity contribution is 6.26. The zero-order chi connectivity index (χ0) is 31.1. The number of halogens is 3. The first kappa shape index (κ1) is 36.1. The number of nitrogens with zero attached hydrogens (tertiary/aromatic N) is 1. The molecule has 1 aromatic rings. The van der Waals surface area contributed by atoms with E-state index in [0.29, 0.717) is 24.1 Å². The molecule has 2 atom stereocenters. The Labute approximate surface area is 233 Å². The fourth-order valence-corrected chi connectivity index (χ4v) is 3.41. The molecule has 9 nitrogen and oxygen atoms in total. The molecule has 6 N–H and O–H groups in total. The maximum Gasteiger partial charge on any atom is 0.339 e. The lowest BCUT2D eigenvalue weighted by atomic mass is 9.68. The van der Waals surface area contributed by atoms with Gasteiger partial charge in [-0.25, -0.2) is 23.4 Å². The second-order valence-corrected chi connectivity index (χ2v) is 9.75. The SMILES string of the molecule is C=C/C=C(\C)NC(=O)/C=N/NC(=O)Nc1cc(F)c(F)cc1F.C=CCC(C)CCC(N)(CC)C(C)(C)C(=O)O. The predicted octanol–water partition coefficient (Wildman–Crippen LogP) is 5.61. The molecule has 12 heteroatoms. The Morgan fingerprint density at radius 1 is 1.15 bits per heavy atom. The summed E-state index contributed by atoms with van der Waals surface area (Å²) < 4.78 is 39.0. The fourth-order valence-electron chi connectivity index (χ4n) is 3.41. The standard InChI is InChI=1S/C14H13F3N4O2.C14H27NO2/c1-3-4-8(2)19-13(22)7-18-21-14(23)20-12-6-10(16)9(15)5-11(12)17;1-6-8-11(3)9-10-14(15,7-2)13(4,5)12(16)17/h3-7H,1H2,2H3,(H,19,22)(H2,20,21,23);6,11H,1,7-10,15H2,2-5H3,(H,16,17)/b8-4+,18-7+;. The molecule has 0 saturated carbocycles. The predicted molar refractivity (Wildman–Crippen MR) is 151 cm³/mol. The highest BCUT2D eigenvalue weighted by Gasteiger charge is 2.45. The van der Waals surface area contributed by atoms with E-state index in [2.05, 4.69) is 30.5 Å². The fraction of sp³-hybridized carbons (Fsp3) is 0.429. The number of carboxylic acid groups (broad SMARTS) is 1. The molecule has 0 saturated heterocycles. The second-order valence-electron chi connectivity index (χ2n) is 9.75. The van der Waals surface area contributed by atoms with Crippen molar-refractivity contribution in [2.24, 2.45) is 22.2 Å². The number of anilines is 1. The van der Waals surface area contributed by atoms with Crippen LogP contribution >= 0.6 is 0 Å². The number of hydrogen-bond acceptors (Lipinski definition) is 5. The average Bonchev–Trinajstić information content (AvgIpc) is 2.86. The minimum atomic E-state index is -1.38. The van der Waals surface area contributed by atoms with Gasteiger partial charge < -0.3 is 21.5 Å². The van der Waals surface area contributed by atoms with Crippen molar-refractivity contribution < 1.29 is 32.7 Å². The first-order chi connectivity index (χ1) is 18.5. The van der Waals surface area contributed by atoms with Crippen LogP contribution in [0, 0.1) is 28.8 Å². The third-order valence-electron chi connectivity index (χ3n) is 6.36. The van der Waals surface area contributed by atoms with Gasteiger partial charge in [-0.05, 0) is 58.4 Å². The Kier molecular flexibility index (Phi) is 15.2. The number of hydrogen-bond donors (Lipinski definition) is 5. The summed E-state index contributed by atoms with van der Waals surface area (Å²) in [5, 5.41) is 16.9. The number of hydrazone groups is 1. The summed E-state index contributed by atoms with van der Waals surface area (Å²) in [5.74, 6) is -4.81. The normalized spacial score (nSPS) is 13.8. The number of benzene rings is 1. The monoisotopic (exact) mass is 567 g/mol. The van der Waals surface area contributed by atoms with E-state index in [4.69, 9.17) is 5.73 Å². The number of amides is 3. The number of urea groups is 1. The maximum absolute atomic E-state index is 13.3. The van der Waals surface area contributed by atoms with Crippen LogP contribution in [0.1, 0.15) is 60.3 Å². The summed E-state index contributed by atoms with van der Waals surface area (Å²) in [7, 11) is 0. The highest BCUT2D eigenvalue weighted by Crippen LogP contribution is 2.36. The van der Waals surface area contributed by atoms with Gasteiger partial charge in [-0.2, -0.15) is 5.10 Å². The molecule has 3 amide bonds. The molecular formula is C28H40F3N5O4. The lowest BCUT2D eigenvalue weighted by molar-refractivity contribution is -0.151. The molecule has 0 heterocycles. The number of rotatable bonds is 13. The van der Waals surface area contributed by atoms with Crippen molar-refractivity contribution in [2.75, 3.05) is 5.32 Å². The summed E-state index contributed by atoms with van der Waals surface area (Å²) in [6, 6.07) is -0.280. The Hall–Kier alpha value is -3.93. The van der Waals surface area contributed by atoms with E-state index in [1.54, 1.807) is 20.8 Å². The van der Waals surface area contributed by atoms with Crippen molar-refractivity contribution in [2.45, 2.75) is 65.8 Å². The quantitative estimate of drug-likeness (QED) is 0.0691. The van der Waals surface area contributed by atoms with Gasteiger partial charge in [0.25, 0.3) is 5.91 Å². The van der Waals surface area contributed by atoms with Gasteiger partial charge in [0.2, 0.25) is 0 Å². The first-order valence-corrected chi connectivity index (χ1v) is 12.5. The van der Waals surface area contributed by atoms with Crippen LogP contribution in [0.4, 0.5) is 23.7 Å². The third kappa shape index (κ3) is 11.9. The van der Waals surface area contributed by atoms with E-state index in [1.807, 2.05) is 23.7 Å². The van der Waals surface area contributed by atoms with Crippen molar-refractivity contribution >= 4 is 29.8 Å². The van der Waals surface area contributed by atoms with E-state index in [1.165, 1.54) is 12.2 Å². The smallest absolute Gasteiger partial charge is 0.339 e. The van der Waals surface area contributed by atoms with E-state index in [-0.39, 0.29) is 6.07 Å². The molecule has 0 bridgehead atoms. The molecule has 2 unspecified atom stereocenters.